The summed E-state index contributed by atoms with van der Waals surface area (Å²) in [5, 5.41) is 93.6. The third kappa shape index (κ3) is 7.52. The molecule has 0 aromatic rings. The van der Waals surface area contributed by atoms with Gasteiger partial charge < -0.3 is 75.3 Å². The minimum atomic E-state index is -2.32. The van der Waals surface area contributed by atoms with Gasteiger partial charge in [-0.05, 0) is 12.5 Å². The third-order valence-electron chi connectivity index (χ3n) is 8.45. The number of ether oxygens (including phenoxy) is 4. The van der Waals surface area contributed by atoms with E-state index in [0.717, 1.165) is 18.7 Å². The maximum absolute atomic E-state index is 12.7. The lowest BCUT2D eigenvalue weighted by atomic mass is 9.81. The molecule has 0 aromatic heterocycles. The number of rotatable bonds is 11. The molecule has 3 aliphatic rings. The Morgan fingerprint density at radius 1 is 0.913 bits per heavy atom. The molecule has 10 N–H and O–H groups in total. The first-order chi connectivity index (χ1) is 21.5. The van der Waals surface area contributed by atoms with Crippen molar-refractivity contribution >= 4 is 17.7 Å². The molecule has 2 heterocycles. The maximum atomic E-state index is 12.7. The van der Waals surface area contributed by atoms with Crippen molar-refractivity contribution in [2.24, 2.45) is 5.11 Å². The summed E-state index contributed by atoms with van der Waals surface area (Å²) in [5.74, 6) is -2.21. The molecule has 21 nitrogen and oxygen atoms in total. The van der Waals surface area contributed by atoms with Gasteiger partial charge in [-0.1, -0.05) is 5.11 Å². The highest BCUT2D eigenvalue weighted by Crippen LogP contribution is 2.39. The van der Waals surface area contributed by atoms with Crippen LogP contribution in [0.15, 0.2) is 5.11 Å². The van der Waals surface area contributed by atoms with Gasteiger partial charge in [-0.3, -0.25) is 14.4 Å². The van der Waals surface area contributed by atoms with Crippen molar-refractivity contribution in [1.82, 2.24) is 15.5 Å². The Morgan fingerprint density at radius 3 is 2.07 bits per heavy atom. The Morgan fingerprint density at radius 2 is 1.52 bits per heavy atom. The highest BCUT2D eigenvalue weighted by atomic mass is 16.8. The van der Waals surface area contributed by atoms with Crippen molar-refractivity contribution in [3.63, 3.8) is 0 Å². The molecule has 2 aliphatic heterocycles. The molecule has 21 heteroatoms. The van der Waals surface area contributed by atoms with E-state index >= 15 is 0 Å². The van der Waals surface area contributed by atoms with Gasteiger partial charge in [0, 0.05) is 25.8 Å². The first-order valence-electron chi connectivity index (χ1n) is 14.3. The second-order valence-electron chi connectivity index (χ2n) is 11.5. The van der Waals surface area contributed by atoms with Gasteiger partial charge in [-0.2, -0.15) is 0 Å². The van der Waals surface area contributed by atoms with Gasteiger partial charge in [-0.15, -0.1) is 0 Å². The van der Waals surface area contributed by atoms with Crippen LogP contribution in [-0.2, 0) is 33.3 Å². The van der Waals surface area contributed by atoms with E-state index in [0.29, 0.717) is 0 Å². The highest BCUT2D eigenvalue weighted by Gasteiger charge is 2.61. The summed E-state index contributed by atoms with van der Waals surface area (Å²) < 4.78 is 23.3. The van der Waals surface area contributed by atoms with Crippen molar-refractivity contribution in [2.45, 2.75) is 112 Å². The van der Waals surface area contributed by atoms with Crippen LogP contribution in [0, 0.1) is 0 Å². The van der Waals surface area contributed by atoms with Crippen LogP contribution in [0.2, 0.25) is 0 Å². The van der Waals surface area contributed by atoms with Crippen molar-refractivity contribution in [2.75, 3.05) is 26.8 Å². The zero-order valence-electron chi connectivity index (χ0n) is 25.4. The van der Waals surface area contributed by atoms with Crippen LogP contribution in [0.3, 0.4) is 0 Å². The van der Waals surface area contributed by atoms with E-state index in [9.17, 15) is 55.2 Å². The van der Waals surface area contributed by atoms with Gasteiger partial charge in [0.25, 0.3) is 0 Å². The van der Waals surface area contributed by atoms with Crippen LogP contribution in [0.25, 0.3) is 10.4 Å². The van der Waals surface area contributed by atoms with Gasteiger partial charge in [0.2, 0.25) is 17.7 Å². The summed E-state index contributed by atoms with van der Waals surface area (Å²) in [7, 11) is 1.17. The average molecular weight is 667 g/mol. The normalized spacial score (nSPS) is 42.5. The Labute approximate surface area is 262 Å². The molecule has 1 saturated carbocycles. The molecule has 3 amide bonds. The standard InChI is InChI=1S/C25H42N6O15/c1-8-25(42,7-33)22(46-23-15(31(4)12(36)5-27-30-26)19(40)16(37)11(6-32)44-23)24(43-8)45-21-14(29-10(3)35)17(38)13(28-9(2)34)18(39)20(21)41/h8,11,13-24,32-33,37-42H,5-7H2,1-4H3,(H,28,34)(H,29,35)/t8-,11?,13?,14?,15?,16?,17?,18?,19?,20?,21-,22-,23?,24-,25+/m0/s1. The Kier molecular flexibility index (Phi) is 12.6. The molecule has 3 fully saturated rings. The van der Waals surface area contributed by atoms with E-state index < -0.39 is 129 Å². The molecule has 2 saturated heterocycles. The Hall–Kier alpha value is -2.76. The van der Waals surface area contributed by atoms with Gasteiger partial charge in [0.1, 0.15) is 60.9 Å². The predicted octanol–water partition coefficient (Wildman–Crippen LogP) is -6.09. The minimum absolute atomic E-state index is 0.663. The van der Waals surface area contributed by atoms with Crippen LogP contribution in [0.1, 0.15) is 20.8 Å². The minimum Gasteiger partial charge on any atom is -0.394 e. The molecule has 15 atom stereocenters. The van der Waals surface area contributed by atoms with E-state index in [1.807, 2.05) is 0 Å². The van der Waals surface area contributed by atoms with Crippen LogP contribution < -0.4 is 10.6 Å². The molecule has 0 spiro atoms. The lowest BCUT2D eigenvalue weighted by molar-refractivity contribution is -0.326. The van der Waals surface area contributed by atoms with Gasteiger partial charge in [-0.25, -0.2) is 0 Å². The summed E-state index contributed by atoms with van der Waals surface area (Å²) in [6.45, 7) is 0.949. The number of azide groups is 1. The largest absolute Gasteiger partial charge is 0.394 e. The van der Waals surface area contributed by atoms with E-state index in [2.05, 4.69) is 20.7 Å². The number of likely N-dealkylation sites (N-methyl/N-ethyl adjacent to an activating group) is 1. The van der Waals surface area contributed by atoms with Gasteiger partial charge >= 0.3 is 0 Å². The predicted molar refractivity (Wildman–Crippen MR) is 148 cm³/mol. The topological polar surface area (TPSA) is 326 Å². The van der Waals surface area contributed by atoms with E-state index in [1.54, 1.807) is 0 Å². The second-order valence-corrected chi connectivity index (χ2v) is 11.5. The average Bonchev–Trinajstić information content (AvgIpc) is 3.24. The number of nitrogens with one attached hydrogen (secondary N) is 2. The number of hydrogen-bond donors (Lipinski definition) is 10. The molecule has 0 radical (unpaired) electrons. The summed E-state index contributed by atoms with van der Waals surface area (Å²) >= 11 is 0. The van der Waals surface area contributed by atoms with Crippen LogP contribution >= 0.6 is 0 Å². The van der Waals surface area contributed by atoms with Gasteiger partial charge in [0.05, 0.1) is 37.5 Å². The number of amides is 3. The van der Waals surface area contributed by atoms with Crippen molar-refractivity contribution in [1.29, 1.82) is 0 Å². The van der Waals surface area contributed by atoms with Crippen LogP contribution in [0.4, 0.5) is 0 Å². The monoisotopic (exact) mass is 666 g/mol. The molecule has 10 unspecified atom stereocenters. The SMILES string of the molecule is CC(=O)NC1C(O)C(O)[C@@H](O[C@@H]2O[C@@H](C)[C@](O)(CO)[C@H]2OC2OC(CO)C(O)C(O)C2N(C)C(=O)CN=[N+]=[N-])C(NC(C)=O)C1O. The number of nitrogens with zero attached hydrogens (tertiary/aromatic N) is 4. The first kappa shape index (κ1) is 37.7. The summed E-state index contributed by atoms with van der Waals surface area (Å²) in [4.78, 5) is 39.8. The van der Waals surface area contributed by atoms with E-state index in [-0.39, 0.29) is 0 Å². The smallest absolute Gasteiger partial charge is 0.228 e. The Balaban J connectivity index is 2.00. The fourth-order valence-corrected chi connectivity index (χ4v) is 5.83. The zero-order valence-corrected chi connectivity index (χ0v) is 25.4. The maximum Gasteiger partial charge on any atom is 0.228 e. The number of carbonyl (C=O) groups excluding carboxylic acids is 3. The molecule has 0 aromatic carbocycles. The molecule has 3 rings (SSSR count). The second kappa shape index (κ2) is 15.4. The fraction of sp³-hybridized carbons (Fsp3) is 0.880. The lowest BCUT2D eigenvalue weighted by Crippen LogP contribution is -2.72. The number of hydrogen-bond acceptors (Lipinski definition) is 16. The third-order valence-corrected chi connectivity index (χ3v) is 8.45. The molecular formula is C25H42N6O15. The van der Waals surface area contributed by atoms with E-state index in [4.69, 9.17) is 24.5 Å². The summed E-state index contributed by atoms with van der Waals surface area (Å²) in [5.41, 5.74) is 6.29. The van der Waals surface area contributed by atoms with Gasteiger partial charge in [0.15, 0.2) is 12.6 Å². The van der Waals surface area contributed by atoms with E-state index in [1.165, 1.54) is 14.0 Å². The number of aliphatic hydroxyl groups excluding tert-OH is 7. The summed E-state index contributed by atoms with van der Waals surface area (Å²) in [6.07, 6.45) is -18.9. The molecule has 1 aliphatic carbocycles. The molecule has 46 heavy (non-hydrogen) atoms. The van der Waals surface area contributed by atoms with Crippen LogP contribution in [0.5, 0.6) is 0 Å². The molecular weight excluding hydrogens is 624 g/mol. The highest BCUT2D eigenvalue weighted by molar-refractivity contribution is 5.78. The fourth-order valence-electron chi connectivity index (χ4n) is 5.83. The lowest BCUT2D eigenvalue weighted by Gasteiger charge is -2.48. The molecule has 0 bridgehead atoms. The quantitative estimate of drug-likeness (QED) is 0.0557. The van der Waals surface area contributed by atoms with Crippen molar-refractivity contribution < 1.29 is 74.2 Å². The number of aliphatic hydroxyl groups is 8. The van der Waals surface area contributed by atoms with Crippen molar-refractivity contribution in [3.05, 3.63) is 10.4 Å². The molecule has 262 valence electrons. The zero-order chi connectivity index (χ0) is 34.7. The van der Waals surface area contributed by atoms with Crippen molar-refractivity contribution in [3.8, 4) is 0 Å². The first-order valence-corrected chi connectivity index (χ1v) is 14.3. The Bertz CT molecular complexity index is 1150. The van der Waals surface area contributed by atoms with Crippen LogP contribution in [-0.4, -0.2) is 182 Å². The number of carbonyl (C=O) groups is 3. The summed E-state index contributed by atoms with van der Waals surface area (Å²) in [6, 6.07) is -4.52.